The first kappa shape index (κ1) is 73.2. The number of pyridine rings is 5. The van der Waals surface area contributed by atoms with Gasteiger partial charge in [0.2, 0.25) is 23.4 Å². The smallest absolute Gasteiger partial charge is 0.154 e. The van der Waals surface area contributed by atoms with Crippen molar-refractivity contribution in [2.45, 2.75) is 89.0 Å². The van der Waals surface area contributed by atoms with E-state index >= 15 is 0 Å². The first-order valence-electron chi connectivity index (χ1n) is 40.3. The van der Waals surface area contributed by atoms with Gasteiger partial charge in [0.25, 0.3) is 0 Å². The van der Waals surface area contributed by atoms with Crippen LogP contribution in [0.25, 0.3) is 158 Å². The van der Waals surface area contributed by atoms with E-state index in [1.165, 1.54) is 220 Å². The SMILES string of the molecule is Cc1ccc2c(c1)c1cccc(C)c1n1c2cc[n+]1C.Cc1cccc(C)c1-c1c[n+](C)n2c3c(C)cccc3c3ccccc3c12.Cc1cccc2c3cc(C(C)C)ccc3c3cc[n+](C)n3c12.Cc1cccc2c3ccccc3c3c(-c4ccccc4)c[n+](C)n3c12.Cc1cccc2c3ccccc3c3c(C)c(C)n(C)[n+]3c12. The zero-order chi connectivity index (χ0) is 79.7. The lowest BCUT2D eigenvalue weighted by Gasteiger charge is -2.12. The number of rotatable bonds is 3. The predicted octanol–water partition coefficient (Wildman–Crippen LogP) is 22.9. The zero-order valence-electron chi connectivity index (χ0n) is 69.2. The van der Waals surface area contributed by atoms with E-state index in [2.05, 4.69) is 450 Å². The van der Waals surface area contributed by atoms with Crippen molar-refractivity contribution in [3.8, 4) is 22.3 Å². The average molecular weight is 1500 g/mol. The number of aryl methyl sites for hydroxylation is 14. The molecule has 0 bridgehead atoms. The maximum Gasteiger partial charge on any atom is 0.249 e. The molecule has 0 fully saturated rings. The molecule has 10 aromatic heterocycles. The van der Waals surface area contributed by atoms with Gasteiger partial charge in [-0.2, -0.15) is 4.68 Å². The van der Waals surface area contributed by atoms with Crippen LogP contribution in [0, 0.1) is 69.2 Å². The third kappa shape index (κ3) is 11.8. The molecule has 0 aliphatic carbocycles. The minimum absolute atomic E-state index is 0.545. The summed E-state index contributed by atoms with van der Waals surface area (Å²) in [6.07, 6.45) is 8.78. The van der Waals surface area contributed by atoms with Gasteiger partial charge in [-0.25, -0.2) is 0 Å². The standard InChI is InChI=1S/C25H23N2.C23H19N2.C20H21N2.C19H19N2.C18H17N2/c1-16-9-7-10-17(2)23(16)22-15-26(4)27-24-18(3)11-8-14-20(24)19-12-5-6-13-21(19)25(22)27;1-16-9-8-14-19-18-12-6-7-13-20(18)23-21(17-10-4-3-5-11-17)15-24(2)25(23)22(16)19;1-13(2)15-8-9-16-18(12-15)17-7-5-6-14(3)20(17)22-19(16)10-11-21(22)4;1-12-8-7-11-16-15-9-5-6-10-17(15)19-13(2)14(3)20(4)21(19)18(12)16;1-12-7-8-14-16(11-12)15-6-4-5-13(2)18(15)20-17(14)9-10-19(20)3/h5-15H,1-4H3;3-15H,1-2H3;5-13H,1-4H3;5-11H,1-4H3;4-11H,1-3H3/q5*+1. The number of fused-ring (bicyclic) bond motifs is 30. The summed E-state index contributed by atoms with van der Waals surface area (Å²) < 4.78 is 22.8. The number of aromatic nitrogens is 10. The quantitative estimate of drug-likeness (QED) is 0.125. The number of benzene rings is 12. The molecule has 115 heavy (non-hydrogen) atoms. The van der Waals surface area contributed by atoms with Crippen molar-refractivity contribution in [3.63, 3.8) is 0 Å². The van der Waals surface area contributed by atoms with Crippen LogP contribution in [0.4, 0.5) is 0 Å². The predicted molar refractivity (Wildman–Crippen MR) is 480 cm³/mol. The van der Waals surface area contributed by atoms with Crippen molar-refractivity contribution in [2.24, 2.45) is 35.2 Å². The maximum absolute atomic E-state index is 2.38. The zero-order valence-corrected chi connectivity index (χ0v) is 69.2. The molecule has 0 N–H and O–H groups in total. The Labute approximate surface area is 671 Å². The highest BCUT2D eigenvalue weighted by Crippen LogP contribution is 2.41. The van der Waals surface area contributed by atoms with Gasteiger partial charge in [0.05, 0.1) is 34.6 Å². The van der Waals surface area contributed by atoms with Crippen LogP contribution in [-0.4, -0.2) is 22.7 Å². The van der Waals surface area contributed by atoms with Gasteiger partial charge in [-0.1, -0.05) is 261 Å². The molecular formula is C105H99N10+5. The molecule has 12 aromatic carbocycles. The fraction of sp³-hybridized carbons (Fsp3) is 0.171. The third-order valence-corrected chi connectivity index (χ3v) is 24.6. The van der Waals surface area contributed by atoms with E-state index in [9.17, 15) is 0 Å². The molecular weight excluding hydrogens is 1400 g/mol. The fourth-order valence-electron chi connectivity index (χ4n) is 18.9. The van der Waals surface area contributed by atoms with E-state index in [1.807, 2.05) is 0 Å². The first-order chi connectivity index (χ1) is 55.7. The average Bonchev–Trinajstić information content (AvgIpc) is 1.70. The topological polar surface area (TPSA) is 42.2 Å². The summed E-state index contributed by atoms with van der Waals surface area (Å²) in [7, 11) is 10.6. The summed E-state index contributed by atoms with van der Waals surface area (Å²) in [6, 6.07) is 94.4. The Hall–Kier alpha value is -13.3. The third-order valence-electron chi connectivity index (χ3n) is 24.6. The van der Waals surface area contributed by atoms with E-state index in [0.717, 1.165) is 0 Å². The van der Waals surface area contributed by atoms with E-state index in [1.54, 1.807) is 0 Å². The minimum Gasteiger partial charge on any atom is -0.154 e. The molecule has 564 valence electrons. The van der Waals surface area contributed by atoms with Gasteiger partial charge >= 0.3 is 0 Å². The monoisotopic (exact) mass is 1500 g/mol. The van der Waals surface area contributed by atoms with Crippen LogP contribution in [0.2, 0.25) is 0 Å². The summed E-state index contributed by atoms with van der Waals surface area (Å²) in [5.41, 5.74) is 32.6. The lowest BCUT2D eigenvalue weighted by molar-refractivity contribution is -0.735. The summed E-state index contributed by atoms with van der Waals surface area (Å²) in [5, 5.41) is 19.8. The minimum atomic E-state index is 0.545. The van der Waals surface area contributed by atoms with E-state index < -0.39 is 0 Å². The second kappa shape index (κ2) is 28.7. The molecule has 10 heteroatoms. The first-order valence-corrected chi connectivity index (χ1v) is 40.3. The summed E-state index contributed by atoms with van der Waals surface area (Å²) in [4.78, 5) is 0. The van der Waals surface area contributed by atoms with E-state index in [0.29, 0.717) is 5.92 Å². The van der Waals surface area contributed by atoms with Crippen LogP contribution >= 0.6 is 0 Å². The van der Waals surface area contributed by atoms with Gasteiger partial charge < -0.3 is 0 Å². The normalized spacial score (nSPS) is 11.8. The summed E-state index contributed by atoms with van der Waals surface area (Å²) in [6.45, 7) is 26.5. The number of hydrogen-bond acceptors (Lipinski definition) is 0. The number of para-hydroxylation sites is 5. The maximum atomic E-state index is 2.38. The molecule has 0 spiro atoms. The van der Waals surface area contributed by atoms with E-state index in [-0.39, 0.29) is 0 Å². The molecule has 0 saturated heterocycles. The molecule has 10 nitrogen and oxygen atoms in total. The highest BCUT2D eigenvalue weighted by atomic mass is 15.4. The largest absolute Gasteiger partial charge is 0.249 e. The van der Waals surface area contributed by atoms with Gasteiger partial charge in [-0.3, -0.25) is 0 Å². The van der Waals surface area contributed by atoms with E-state index in [4.69, 9.17) is 0 Å². The molecule has 0 aliphatic heterocycles. The Bertz CT molecular complexity index is 7730. The number of hydrogen-bond donors (Lipinski definition) is 0. The molecule has 0 atom stereocenters. The van der Waals surface area contributed by atoms with Crippen LogP contribution in [0.1, 0.15) is 81.1 Å². The van der Waals surface area contributed by atoms with Crippen molar-refractivity contribution in [2.75, 3.05) is 0 Å². The van der Waals surface area contributed by atoms with Crippen LogP contribution in [0.15, 0.2) is 286 Å². The Morgan fingerprint density at radius 1 is 0.278 bits per heavy atom. The molecule has 0 amide bonds. The Kier molecular flexibility index (Phi) is 18.3. The van der Waals surface area contributed by atoms with Crippen LogP contribution in [0.3, 0.4) is 0 Å². The molecule has 10 heterocycles. The van der Waals surface area contributed by atoms with Crippen LogP contribution in [-0.2, 0) is 35.2 Å². The van der Waals surface area contributed by atoms with Crippen molar-refractivity contribution in [3.05, 3.63) is 347 Å². The second-order valence-electron chi connectivity index (χ2n) is 32.3. The van der Waals surface area contributed by atoms with Gasteiger partial charge in [0.15, 0.2) is 40.6 Å². The van der Waals surface area contributed by atoms with Crippen molar-refractivity contribution >= 4 is 136 Å². The van der Waals surface area contributed by atoms with Crippen molar-refractivity contribution < 1.29 is 23.2 Å². The van der Waals surface area contributed by atoms with Crippen molar-refractivity contribution in [1.29, 1.82) is 0 Å². The van der Waals surface area contributed by atoms with Gasteiger partial charge in [-0.15, -0.1) is 36.8 Å². The summed E-state index contributed by atoms with van der Waals surface area (Å²) in [5.74, 6) is 0.545. The Morgan fingerprint density at radius 3 is 1.15 bits per heavy atom. The van der Waals surface area contributed by atoms with Crippen LogP contribution < -0.4 is 23.2 Å². The molecule has 0 aliphatic rings. The highest BCUT2D eigenvalue weighted by Gasteiger charge is 2.29. The highest BCUT2D eigenvalue weighted by molar-refractivity contribution is 6.19. The number of nitrogens with zero attached hydrogens (tertiary/aromatic N) is 10. The van der Waals surface area contributed by atoms with Gasteiger partial charge in [-0.05, 0) is 159 Å². The molecule has 0 radical (unpaired) electrons. The molecule has 22 rings (SSSR count). The fourth-order valence-corrected chi connectivity index (χ4v) is 18.9. The lowest BCUT2D eigenvalue weighted by atomic mass is 9.94. The second-order valence-corrected chi connectivity index (χ2v) is 32.3. The summed E-state index contributed by atoms with van der Waals surface area (Å²) >= 11 is 0. The Balaban J connectivity index is 0.000000100. The van der Waals surface area contributed by atoms with Crippen LogP contribution in [0.5, 0.6) is 0 Å². The Morgan fingerprint density at radius 2 is 0.643 bits per heavy atom. The molecule has 0 unspecified atom stereocenters. The molecule has 22 aromatic rings. The van der Waals surface area contributed by atoms with Gasteiger partial charge in [0, 0.05) is 71.7 Å². The van der Waals surface area contributed by atoms with Gasteiger partial charge in [0.1, 0.15) is 44.1 Å². The van der Waals surface area contributed by atoms with Crippen molar-refractivity contribution in [1.82, 2.24) is 22.7 Å². The molecule has 0 saturated carbocycles. The lowest BCUT2D eigenvalue weighted by Crippen LogP contribution is -2.34.